The number of thiocarbonyl (C=S) groups is 1. The van der Waals surface area contributed by atoms with Crippen molar-refractivity contribution in [2.75, 3.05) is 11.9 Å². The molecule has 10 heteroatoms. The van der Waals surface area contributed by atoms with Crippen molar-refractivity contribution in [2.24, 2.45) is 5.92 Å². The van der Waals surface area contributed by atoms with E-state index in [4.69, 9.17) is 17.0 Å². The molecule has 2 aromatic rings. The van der Waals surface area contributed by atoms with E-state index >= 15 is 0 Å². The number of hydrogen-bond acceptors (Lipinski definition) is 5. The van der Waals surface area contributed by atoms with E-state index < -0.39 is 10.8 Å². The van der Waals surface area contributed by atoms with Crippen LogP contribution in [0.4, 0.5) is 11.4 Å². The number of non-ortho nitro benzene ring substituents is 1. The quantitative estimate of drug-likeness (QED) is 0.265. The minimum absolute atomic E-state index is 0.0575. The zero-order chi connectivity index (χ0) is 21.6. The van der Waals surface area contributed by atoms with Crippen LogP contribution in [0.2, 0.25) is 0 Å². The maximum atomic E-state index is 12.4. The molecule has 0 aromatic heterocycles. The van der Waals surface area contributed by atoms with Crippen molar-refractivity contribution in [3.05, 3.63) is 61.0 Å². The Bertz CT molecular complexity index is 938. The van der Waals surface area contributed by atoms with Gasteiger partial charge in [-0.05, 0) is 80.7 Å². The van der Waals surface area contributed by atoms with E-state index in [0.29, 0.717) is 38.5 Å². The van der Waals surface area contributed by atoms with Gasteiger partial charge in [-0.15, -0.1) is 0 Å². The molecule has 0 spiro atoms. The van der Waals surface area contributed by atoms with Crippen LogP contribution in [-0.2, 0) is 0 Å². The van der Waals surface area contributed by atoms with E-state index in [0.717, 1.165) is 6.42 Å². The van der Waals surface area contributed by atoms with Crippen LogP contribution in [0.3, 0.4) is 0 Å². The van der Waals surface area contributed by atoms with Crippen molar-refractivity contribution in [3.63, 3.8) is 0 Å². The highest BCUT2D eigenvalue weighted by atomic mass is 79.9. The fourth-order valence-corrected chi connectivity index (χ4v) is 3.37. The number of carbonyl (C=O) groups excluding carboxylic acids is 1. The standard InChI is InChI=1S/C19H19Br2N3O4S/c1-11(2)7-8-28-17-6-3-12(9-15(17)21)18(25)23-19(29)22-16-5-4-13(24(26)27)10-14(16)20/h3-6,9-11H,7-8H2,1-2H3,(H2,22,23,25,29). The van der Waals surface area contributed by atoms with E-state index in [-0.39, 0.29) is 10.8 Å². The Kier molecular flexibility index (Phi) is 8.54. The predicted molar refractivity (Wildman–Crippen MR) is 124 cm³/mol. The number of nitro benzene ring substituents is 1. The molecule has 2 N–H and O–H groups in total. The summed E-state index contributed by atoms with van der Waals surface area (Å²) < 4.78 is 6.84. The third-order valence-corrected chi connectivity index (χ3v) is 5.27. The zero-order valence-electron chi connectivity index (χ0n) is 15.7. The van der Waals surface area contributed by atoms with Crippen molar-refractivity contribution in [1.82, 2.24) is 5.32 Å². The molecule has 0 aliphatic heterocycles. The Morgan fingerprint density at radius 3 is 2.52 bits per heavy atom. The summed E-state index contributed by atoms with van der Waals surface area (Å²) in [7, 11) is 0. The molecule has 0 unspecified atom stereocenters. The third kappa shape index (κ3) is 7.06. The van der Waals surface area contributed by atoms with Crippen LogP contribution in [0.25, 0.3) is 0 Å². The van der Waals surface area contributed by atoms with Gasteiger partial charge < -0.3 is 10.1 Å². The number of ether oxygens (including phenoxy) is 1. The summed E-state index contributed by atoms with van der Waals surface area (Å²) in [6, 6.07) is 9.22. The van der Waals surface area contributed by atoms with Crippen molar-refractivity contribution in [1.29, 1.82) is 0 Å². The van der Waals surface area contributed by atoms with E-state index in [1.807, 2.05) is 0 Å². The first kappa shape index (κ1) is 23.2. The van der Waals surface area contributed by atoms with E-state index in [1.165, 1.54) is 18.2 Å². The molecule has 0 heterocycles. The number of halogens is 2. The van der Waals surface area contributed by atoms with Gasteiger partial charge in [-0.1, -0.05) is 13.8 Å². The first-order valence-corrected chi connectivity index (χ1v) is 10.7. The summed E-state index contributed by atoms with van der Waals surface area (Å²) in [5.41, 5.74) is 0.842. The molecule has 0 saturated carbocycles. The number of carbonyl (C=O) groups is 1. The Morgan fingerprint density at radius 1 is 1.21 bits per heavy atom. The highest BCUT2D eigenvalue weighted by Gasteiger charge is 2.13. The molecule has 0 saturated heterocycles. The molecular weight excluding hydrogens is 526 g/mol. The number of benzene rings is 2. The monoisotopic (exact) mass is 543 g/mol. The first-order valence-electron chi connectivity index (χ1n) is 8.66. The normalized spacial score (nSPS) is 10.5. The number of nitrogens with one attached hydrogen (secondary N) is 2. The van der Waals surface area contributed by atoms with Gasteiger partial charge in [0.25, 0.3) is 11.6 Å². The topological polar surface area (TPSA) is 93.5 Å². The molecule has 29 heavy (non-hydrogen) atoms. The molecule has 2 rings (SSSR count). The van der Waals surface area contributed by atoms with Gasteiger partial charge in [0, 0.05) is 22.2 Å². The number of nitrogens with zero attached hydrogens (tertiary/aromatic N) is 1. The number of rotatable bonds is 7. The molecule has 0 bridgehead atoms. The second kappa shape index (κ2) is 10.7. The lowest BCUT2D eigenvalue weighted by molar-refractivity contribution is -0.384. The Labute approximate surface area is 190 Å². The smallest absolute Gasteiger partial charge is 0.270 e. The summed E-state index contributed by atoms with van der Waals surface area (Å²) >= 11 is 11.8. The lowest BCUT2D eigenvalue weighted by atomic mass is 10.1. The van der Waals surface area contributed by atoms with Crippen LogP contribution in [0.1, 0.15) is 30.6 Å². The predicted octanol–water partition coefficient (Wildman–Crippen LogP) is 5.67. The van der Waals surface area contributed by atoms with Gasteiger partial charge in [0.1, 0.15) is 5.75 Å². The van der Waals surface area contributed by atoms with Gasteiger partial charge in [0.05, 0.1) is 21.7 Å². The minimum atomic E-state index is -0.497. The van der Waals surface area contributed by atoms with Crippen molar-refractivity contribution in [3.8, 4) is 5.75 Å². The number of amides is 1. The van der Waals surface area contributed by atoms with Crippen LogP contribution in [0.15, 0.2) is 45.3 Å². The SMILES string of the molecule is CC(C)CCOc1ccc(C(=O)NC(=S)Nc2ccc([N+](=O)[O-])cc2Br)cc1Br. The molecule has 2 aromatic carbocycles. The molecule has 0 atom stereocenters. The Morgan fingerprint density at radius 2 is 1.93 bits per heavy atom. The van der Waals surface area contributed by atoms with Crippen LogP contribution in [-0.4, -0.2) is 22.5 Å². The van der Waals surface area contributed by atoms with E-state index in [1.54, 1.807) is 18.2 Å². The molecular formula is C19H19Br2N3O4S. The Hall–Kier alpha value is -2.04. The molecule has 0 radical (unpaired) electrons. The molecule has 1 amide bonds. The fraction of sp³-hybridized carbons (Fsp3) is 0.263. The van der Waals surface area contributed by atoms with Gasteiger partial charge in [-0.2, -0.15) is 0 Å². The number of anilines is 1. The third-order valence-electron chi connectivity index (χ3n) is 3.79. The van der Waals surface area contributed by atoms with Crippen molar-refractivity contribution in [2.45, 2.75) is 20.3 Å². The maximum Gasteiger partial charge on any atom is 0.270 e. The zero-order valence-corrected chi connectivity index (χ0v) is 19.7. The van der Waals surface area contributed by atoms with Crippen molar-refractivity contribution < 1.29 is 14.5 Å². The van der Waals surface area contributed by atoms with Gasteiger partial charge >= 0.3 is 0 Å². The average Bonchev–Trinajstić information content (AvgIpc) is 2.64. The maximum absolute atomic E-state index is 12.4. The van der Waals surface area contributed by atoms with Gasteiger partial charge in [0.15, 0.2) is 5.11 Å². The van der Waals surface area contributed by atoms with Gasteiger partial charge in [-0.25, -0.2) is 0 Å². The summed E-state index contributed by atoms with van der Waals surface area (Å²) in [6.45, 7) is 4.84. The second-order valence-corrected chi connectivity index (χ2v) is 8.62. The first-order chi connectivity index (χ1) is 13.7. The van der Waals surface area contributed by atoms with Crippen LogP contribution in [0, 0.1) is 16.0 Å². The average molecular weight is 545 g/mol. The van der Waals surface area contributed by atoms with Crippen LogP contribution < -0.4 is 15.4 Å². The van der Waals surface area contributed by atoms with Crippen molar-refractivity contribution >= 4 is 66.5 Å². The summed E-state index contributed by atoms with van der Waals surface area (Å²) in [5, 5.41) is 16.3. The molecule has 0 aliphatic carbocycles. The summed E-state index contributed by atoms with van der Waals surface area (Å²) in [4.78, 5) is 22.7. The lowest BCUT2D eigenvalue weighted by Gasteiger charge is -2.13. The number of nitro groups is 1. The minimum Gasteiger partial charge on any atom is -0.492 e. The molecule has 7 nitrogen and oxygen atoms in total. The second-order valence-electron chi connectivity index (χ2n) is 6.51. The Balaban J connectivity index is 1.98. The highest BCUT2D eigenvalue weighted by molar-refractivity contribution is 9.11. The van der Waals surface area contributed by atoms with E-state index in [2.05, 4.69) is 56.3 Å². The summed E-state index contributed by atoms with van der Waals surface area (Å²) in [6.07, 6.45) is 0.937. The van der Waals surface area contributed by atoms with E-state index in [9.17, 15) is 14.9 Å². The van der Waals surface area contributed by atoms with Crippen LogP contribution >= 0.6 is 44.1 Å². The largest absolute Gasteiger partial charge is 0.492 e. The fourth-order valence-electron chi connectivity index (χ4n) is 2.21. The lowest BCUT2D eigenvalue weighted by Crippen LogP contribution is -2.34. The molecule has 154 valence electrons. The number of hydrogen-bond donors (Lipinski definition) is 2. The summed E-state index contributed by atoms with van der Waals surface area (Å²) in [5.74, 6) is 0.816. The van der Waals surface area contributed by atoms with Gasteiger partial charge in [0.2, 0.25) is 0 Å². The molecule has 0 aliphatic rings. The van der Waals surface area contributed by atoms with Crippen LogP contribution in [0.5, 0.6) is 5.75 Å². The highest BCUT2D eigenvalue weighted by Crippen LogP contribution is 2.28. The van der Waals surface area contributed by atoms with Gasteiger partial charge in [-0.3, -0.25) is 20.2 Å². The molecule has 0 fully saturated rings.